The largest absolute Gasteiger partial charge is 0.486 e. The molecular weight excluding hydrogens is 440 g/mol. The summed E-state index contributed by atoms with van der Waals surface area (Å²) in [6.07, 6.45) is -1.53. The zero-order chi connectivity index (χ0) is 22.6. The van der Waals surface area contributed by atoms with E-state index >= 15 is 0 Å². The molecule has 1 saturated heterocycles. The zero-order valence-electron chi connectivity index (χ0n) is 17.7. The lowest BCUT2D eigenvalue weighted by atomic mass is 10.1. The smallest absolute Gasteiger partial charge is 0.258 e. The molecule has 4 heterocycles. The lowest BCUT2D eigenvalue weighted by Gasteiger charge is -2.28. The maximum atomic E-state index is 14.2. The molecule has 3 aromatic rings. The highest BCUT2D eigenvalue weighted by molar-refractivity contribution is 6.31. The minimum atomic E-state index is -1.23. The van der Waals surface area contributed by atoms with E-state index in [1.807, 2.05) is 13.8 Å². The lowest BCUT2D eigenvalue weighted by molar-refractivity contribution is 0.0657. The van der Waals surface area contributed by atoms with Gasteiger partial charge in [0.15, 0.2) is 5.65 Å². The first kappa shape index (κ1) is 21.1. The molecule has 2 atom stereocenters. The number of carbonyl (C=O) groups is 1. The number of hydrogen-bond donors (Lipinski definition) is 1. The molecule has 10 heteroatoms. The fraction of sp³-hybridized carbons (Fsp3) is 0.409. The van der Waals surface area contributed by atoms with Gasteiger partial charge in [-0.25, -0.2) is 18.3 Å². The third-order valence-corrected chi connectivity index (χ3v) is 6.59. The normalized spacial score (nSPS) is 20.6. The van der Waals surface area contributed by atoms with Crippen LogP contribution in [0.2, 0.25) is 5.02 Å². The summed E-state index contributed by atoms with van der Waals surface area (Å²) in [7, 11) is 0. The Hall–Kier alpha value is -2.78. The molecule has 2 aliphatic heterocycles. The number of nitrogens with zero attached hydrogens (tertiary/aromatic N) is 4. The van der Waals surface area contributed by atoms with E-state index in [0.717, 1.165) is 23.0 Å². The van der Waals surface area contributed by atoms with E-state index in [9.17, 15) is 13.6 Å². The summed E-state index contributed by atoms with van der Waals surface area (Å²) in [4.78, 5) is 19.5. The van der Waals surface area contributed by atoms with Crippen molar-refractivity contribution < 1.29 is 18.3 Å². The minimum Gasteiger partial charge on any atom is -0.486 e. The number of benzene rings is 1. The first-order valence-electron chi connectivity index (χ1n) is 10.5. The van der Waals surface area contributed by atoms with Crippen LogP contribution in [0.4, 0.5) is 8.78 Å². The third kappa shape index (κ3) is 3.49. The molecule has 0 spiro atoms. The average molecular weight is 462 g/mol. The van der Waals surface area contributed by atoms with Crippen LogP contribution in [0.1, 0.15) is 39.4 Å². The van der Waals surface area contributed by atoms with Crippen molar-refractivity contribution in [3.05, 3.63) is 57.2 Å². The van der Waals surface area contributed by atoms with E-state index in [-0.39, 0.29) is 30.3 Å². The van der Waals surface area contributed by atoms with Crippen LogP contribution in [0.5, 0.6) is 5.75 Å². The number of alkyl halides is 1. The number of ether oxygens (including phenoxy) is 1. The molecule has 168 valence electrons. The van der Waals surface area contributed by atoms with Crippen LogP contribution in [0.25, 0.3) is 5.65 Å². The molecule has 1 N–H and O–H groups in total. The molecule has 0 radical (unpaired) electrons. The number of hydrogen-bond acceptors (Lipinski definition) is 5. The Labute approximate surface area is 188 Å². The molecule has 0 aliphatic carbocycles. The maximum Gasteiger partial charge on any atom is 0.258 e. The van der Waals surface area contributed by atoms with E-state index < -0.39 is 18.1 Å². The minimum absolute atomic E-state index is 0.0555. The van der Waals surface area contributed by atoms with Gasteiger partial charge in [-0.2, -0.15) is 5.10 Å². The second kappa shape index (κ2) is 7.97. The standard InChI is InChI=1S/C22H22ClF2N5O2/c1-11-20(23)12(2)30-21(27-11)15-9-29(10-17(15)28-30)22(31)14-4-3-13(24)7-19(14)32-18-5-6-26-8-16(18)25/h3-4,7,16,18,26H,5-6,8-10H2,1-2H3/t16?,18-/m0/s1. The second-order valence-electron chi connectivity index (χ2n) is 8.22. The van der Waals surface area contributed by atoms with Crippen LogP contribution in [0.3, 0.4) is 0 Å². The number of aromatic nitrogens is 3. The Morgan fingerprint density at radius 3 is 2.91 bits per heavy atom. The van der Waals surface area contributed by atoms with Crippen LogP contribution in [0.15, 0.2) is 18.2 Å². The predicted molar refractivity (Wildman–Crippen MR) is 114 cm³/mol. The average Bonchev–Trinajstić information content (AvgIpc) is 3.33. The van der Waals surface area contributed by atoms with Gasteiger partial charge in [-0.3, -0.25) is 4.79 Å². The number of fused-ring (bicyclic) bond motifs is 3. The van der Waals surface area contributed by atoms with Crippen molar-refractivity contribution >= 4 is 23.2 Å². The first-order valence-corrected chi connectivity index (χ1v) is 10.8. The number of piperidine rings is 1. The summed E-state index contributed by atoms with van der Waals surface area (Å²) in [6, 6.07) is 3.74. The van der Waals surface area contributed by atoms with Gasteiger partial charge in [0.05, 0.1) is 40.8 Å². The van der Waals surface area contributed by atoms with Gasteiger partial charge in [-0.1, -0.05) is 11.6 Å². The van der Waals surface area contributed by atoms with Crippen molar-refractivity contribution in [3.63, 3.8) is 0 Å². The highest BCUT2D eigenvalue weighted by Gasteiger charge is 2.33. The van der Waals surface area contributed by atoms with Crippen molar-refractivity contribution in [1.29, 1.82) is 0 Å². The monoisotopic (exact) mass is 461 g/mol. The first-order chi connectivity index (χ1) is 15.3. The van der Waals surface area contributed by atoms with Gasteiger partial charge in [-0.15, -0.1) is 0 Å². The van der Waals surface area contributed by atoms with Gasteiger partial charge in [0.25, 0.3) is 5.91 Å². The fourth-order valence-electron chi connectivity index (χ4n) is 4.29. The molecule has 1 unspecified atom stereocenters. The Morgan fingerprint density at radius 1 is 1.31 bits per heavy atom. The van der Waals surface area contributed by atoms with Gasteiger partial charge in [0.2, 0.25) is 0 Å². The van der Waals surface area contributed by atoms with Gasteiger partial charge in [0, 0.05) is 18.2 Å². The van der Waals surface area contributed by atoms with Crippen molar-refractivity contribution in [1.82, 2.24) is 24.8 Å². The molecule has 0 saturated carbocycles. The number of amides is 1. The van der Waals surface area contributed by atoms with Crippen molar-refractivity contribution in [2.45, 2.75) is 45.6 Å². The lowest BCUT2D eigenvalue weighted by Crippen LogP contribution is -2.44. The number of nitrogens with one attached hydrogen (secondary N) is 1. The third-order valence-electron chi connectivity index (χ3n) is 6.04. The summed E-state index contributed by atoms with van der Waals surface area (Å²) in [5.41, 5.74) is 3.94. The molecule has 2 aliphatic rings. The van der Waals surface area contributed by atoms with Gasteiger partial charge >= 0.3 is 0 Å². The van der Waals surface area contributed by atoms with E-state index in [0.29, 0.717) is 35.9 Å². The summed E-state index contributed by atoms with van der Waals surface area (Å²) < 4.78 is 35.7. The van der Waals surface area contributed by atoms with Crippen LogP contribution >= 0.6 is 11.6 Å². The van der Waals surface area contributed by atoms with E-state index in [1.54, 1.807) is 9.42 Å². The van der Waals surface area contributed by atoms with E-state index in [2.05, 4.69) is 15.4 Å². The molecule has 7 nitrogen and oxygen atoms in total. The zero-order valence-corrected chi connectivity index (χ0v) is 18.4. The second-order valence-corrected chi connectivity index (χ2v) is 8.60. The summed E-state index contributed by atoms with van der Waals surface area (Å²) >= 11 is 6.30. The van der Waals surface area contributed by atoms with Gasteiger partial charge in [0.1, 0.15) is 23.8 Å². The molecule has 1 fully saturated rings. The quantitative estimate of drug-likeness (QED) is 0.647. The molecule has 5 rings (SSSR count). The Morgan fingerprint density at radius 2 is 2.12 bits per heavy atom. The summed E-state index contributed by atoms with van der Waals surface area (Å²) in [5, 5.41) is 8.10. The van der Waals surface area contributed by atoms with Crippen molar-refractivity contribution in [2.75, 3.05) is 13.1 Å². The molecule has 32 heavy (non-hydrogen) atoms. The maximum absolute atomic E-state index is 14.2. The SMILES string of the molecule is Cc1nc2c3c(nn2c(C)c1Cl)CN(C(=O)c1ccc(F)cc1O[C@H]1CCNCC1F)C3. The summed E-state index contributed by atoms with van der Waals surface area (Å²) in [5.74, 6) is -0.821. The number of rotatable bonds is 3. The topological polar surface area (TPSA) is 71.8 Å². The van der Waals surface area contributed by atoms with Crippen LogP contribution in [-0.4, -0.2) is 50.8 Å². The predicted octanol–water partition coefficient (Wildman–Crippen LogP) is 3.37. The highest BCUT2D eigenvalue weighted by Crippen LogP contribution is 2.32. The number of carbonyl (C=O) groups excluding carboxylic acids is 1. The van der Waals surface area contributed by atoms with Crippen LogP contribution < -0.4 is 10.1 Å². The Kier molecular flexibility index (Phi) is 5.25. The van der Waals surface area contributed by atoms with Gasteiger partial charge in [-0.05, 0) is 38.9 Å². The van der Waals surface area contributed by atoms with Crippen LogP contribution in [-0.2, 0) is 13.1 Å². The molecule has 1 aromatic carbocycles. The van der Waals surface area contributed by atoms with Gasteiger partial charge < -0.3 is 15.0 Å². The van der Waals surface area contributed by atoms with E-state index in [1.165, 1.54) is 12.1 Å². The van der Waals surface area contributed by atoms with Crippen molar-refractivity contribution in [2.24, 2.45) is 0 Å². The van der Waals surface area contributed by atoms with Crippen LogP contribution in [0, 0.1) is 19.7 Å². The fourth-order valence-corrected chi connectivity index (χ4v) is 4.41. The Balaban J connectivity index is 1.43. The molecule has 1 amide bonds. The molecule has 0 bridgehead atoms. The Bertz CT molecular complexity index is 1230. The number of aryl methyl sites for hydroxylation is 2. The highest BCUT2D eigenvalue weighted by atomic mass is 35.5. The van der Waals surface area contributed by atoms with E-state index in [4.69, 9.17) is 16.3 Å². The molecule has 2 aromatic heterocycles. The molecular formula is C22H22ClF2N5O2. The van der Waals surface area contributed by atoms with Crippen molar-refractivity contribution in [3.8, 4) is 5.75 Å². The summed E-state index contributed by atoms with van der Waals surface area (Å²) in [6.45, 7) is 5.05. The number of halogens is 3.